The predicted molar refractivity (Wildman–Crippen MR) is 72.9 cm³/mol. The third-order valence-corrected chi connectivity index (χ3v) is 4.56. The molecule has 1 saturated carbocycles. The van der Waals surface area contributed by atoms with Gasteiger partial charge >= 0.3 is 0 Å². The number of likely N-dealkylation sites (N-methyl/N-ethyl adjacent to an activating group) is 1. The molecule has 0 spiro atoms. The highest BCUT2D eigenvalue weighted by Gasteiger charge is 2.35. The quantitative estimate of drug-likeness (QED) is 0.747. The maximum atomic E-state index is 10.4. The lowest BCUT2D eigenvalue weighted by Crippen LogP contribution is -2.50. The van der Waals surface area contributed by atoms with Crippen LogP contribution in [0.15, 0.2) is 0 Å². The zero-order valence-electron chi connectivity index (χ0n) is 11.9. The third kappa shape index (κ3) is 3.67. The molecule has 0 aromatic rings. The Balaban J connectivity index is 2.65. The average Bonchev–Trinajstić information content (AvgIpc) is 2.73. The maximum absolute atomic E-state index is 10.4. The number of aliphatic hydroxyl groups is 1. The number of hydrogen-bond donors (Lipinski definition) is 2. The zero-order chi connectivity index (χ0) is 13.1. The Hall–Kier alpha value is -0.120. The second kappa shape index (κ2) is 6.17. The summed E-state index contributed by atoms with van der Waals surface area (Å²) < 4.78 is 0. The van der Waals surface area contributed by atoms with Crippen LogP contribution in [0.2, 0.25) is 0 Å². The first-order valence-electron chi connectivity index (χ1n) is 7.08. The van der Waals surface area contributed by atoms with Crippen LogP contribution in [0.5, 0.6) is 0 Å². The Morgan fingerprint density at radius 3 is 2.53 bits per heavy atom. The SMILES string of the molecule is CCN(CC(C)(O)C(C)C)C1CCCC1CN. The van der Waals surface area contributed by atoms with E-state index in [0.29, 0.717) is 12.0 Å². The van der Waals surface area contributed by atoms with Crippen LogP contribution in [-0.4, -0.2) is 41.3 Å². The Morgan fingerprint density at radius 1 is 1.41 bits per heavy atom. The fourth-order valence-corrected chi connectivity index (χ4v) is 2.83. The van der Waals surface area contributed by atoms with E-state index in [1.807, 2.05) is 6.92 Å². The molecule has 0 aromatic heterocycles. The van der Waals surface area contributed by atoms with Crippen molar-refractivity contribution >= 4 is 0 Å². The molecular formula is C14H30N2O. The molecular weight excluding hydrogens is 212 g/mol. The van der Waals surface area contributed by atoms with Crippen LogP contribution < -0.4 is 5.73 Å². The van der Waals surface area contributed by atoms with E-state index in [-0.39, 0.29) is 5.92 Å². The molecule has 1 rings (SSSR count). The van der Waals surface area contributed by atoms with Crippen molar-refractivity contribution in [2.75, 3.05) is 19.6 Å². The first-order chi connectivity index (χ1) is 7.92. The molecule has 1 aliphatic rings. The fraction of sp³-hybridized carbons (Fsp3) is 1.00. The highest BCUT2D eigenvalue weighted by atomic mass is 16.3. The van der Waals surface area contributed by atoms with E-state index in [0.717, 1.165) is 19.6 Å². The molecule has 3 heteroatoms. The van der Waals surface area contributed by atoms with Crippen LogP contribution in [0.25, 0.3) is 0 Å². The molecule has 17 heavy (non-hydrogen) atoms. The second-order valence-electron chi connectivity index (χ2n) is 6.07. The zero-order valence-corrected chi connectivity index (χ0v) is 11.9. The Kier molecular flexibility index (Phi) is 5.42. The summed E-state index contributed by atoms with van der Waals surface area (Å²) in [5.41, 5.74) is 5.25. The summed E-state index contributed by atoms with van der Waals surface area (Å²) in [5.74, 6) is 0.909. The van der Waals surface area contributed by atoms with E-state index in [1.54, 1.807) is 0 Å². The summed E-state index contributed by atoms with van der Waals surface area (Å²) in [6.07, 6.45) is 3.78. The summed E-state index contributed by atoms with van der Waals surface area (Å²) in [6.45, 7) is 10.9. The van der Waals surface area contributed by atoms with Crippen molar-refractivity contribution in [2.24, 2.45) is 17.6 Å². The summed E-state index contributed by atoms with van der Waals surface area (Å²) in [7, 11) is 0. The van der Waals surface area contributed by atoms with Crippen LogP contribution in [0.3, 0.4) is 0 Å². The minimum absolute atomic E-state index is 0.286. The molecule has 0 saturated heterocycles. The highest BCUT2D eigenvalue weighted by Crippen LogP contribution is 2.31. The number of nitrogens with two attached hydrogens (primary N) is 1. The van der Waals surface area contributed by atoms with Crippen LogP contribution in [0, 0.1) is 11.8 Å². The van der Waals surface area contributed by atoms with E-state index in [4.69, 9.17) is 5.73 Å². The van der Waals surface area contributed by atoms with E-state index < -0.39 is 5.60 Å². The van der Waals surface area contributed by atoms with Crippen molar-refractivity contribution in [2.45, 2.75) is 58.6 Å². The van der Waals surface area contributed by atoms with Crippen molar-refractivity contribution < 1.29 is 5.11 Å². The van der Waals surface area contributed by atoms with Gasteiger partial charge in [0.25, 0.3) is 0 Å². The molecule has 3 unspecified atom stereocenters. The second-order valence-corrected chi connectivity index (χ2v) is 6.07. The van der Waals surface area contributed by atoms with Crippen molar-refractivity contribution in [1.29, 1.82) is 0 Å². The first-order valence-corrected chi connectivity index (χ1v) is 7.08. The summed E-state index contributed by atoms with van der Waals surface area (Å²) in [5, 5.41) is 10.4. The molecule has 3 nitrogen and oxygen atoms in total. The lowest BCUT2D eigenvalue weighted by molar-refractivity contribution is -0.0316. The first kappa shape index (κ1) is 14.9. The van der Waals surface area contributed by atoms with Gasteiger partial charge in [-0.25, -0.2) is 0 Å². The topological polar surface area (TPSA) is 49.5 Å². The highest BCUT2D eigenvalue weighted by molar-refractivity contribution is 4.89. The molecule has 3 atom stereocenters. The molecule has 102 valence electrons. The van der Waals surface area contributed by atoms with Gasteiger partial charge in [-0.1, -0.05) is 27.2 Å². The fourth-order valence-electron chi connectivity index (χ4n) is 2.83. The summed E-state index contributed by atoms with van der Waals surface area (Å²) in [6, 6.07) is 0.579. The van der Waals surface area contributed by atoms with Crippen molar-refractivity contribution in [3.63, 3.8) is 0 Å². The monoisotopic (exact) mass is 242 g/mol. The van der Waals surface area contributed by atoms with Gasteiger partial charge in [0.05, 0.1) is 5.60 Å². The van der Waals surface area contributed by atoms with Crippen LogP contribution in [0.4, 0.5) is 0 Å². The van der Waals surface area contributed by atoms with Gasteiger partial charge in [-0.15, -0.1) is 0 Å². The van der Waals surface area contributed by atoms with E-state index in [9.17, 15) is 5.11 Å². The standard InChI is InChI=1S/C14H30N2O/c1-5-16(10-14(4,17)11(2)3)13-8-6-7-12(13)9-15/h11-13,17H,5-10,15H2,1-4H3. The predicted octanol–water partition coefficient (Wildman–Crippen LogP) is 1.84. The van der Waals surface area contributed by atoms with E-state index in [1.165, 1.54) is 19.3 Å². The molecule has 0 bridgehead atoms. The van der Waals surface area contributed by atoms with Gasteiger partial charge in [0, 0.05) is 12.6 Å². The molecule has 1 fully saturated rings. The third-order valence-electron chi connectivity index (χ3n) is 4.56. The van der Waals surface area contributed by atoms with Crippen LogP contribution >= 0.6 is 0 Å². The van der Waals surface area contributed by atoms with Crippen LogP contribution in [-0.2, 0) is 0 Å². The lowest BCUT2D eigenvalue weighted by atomic mass is 9.90. The largest absolute Gasteiger partial charge is 0.389 e. The average molecular weight is 242 g/mol. The molecule has 0 heterocycles. The van der Waals surface area contributed by atoms with Gasteiger partial charge in [-0.2, -0.15) is 0 Å². The van der Waals surface area contributed by atoms with Crippen LogP contribution in [0.1, 0.15) is 47.0 Å². The number of nitrogens with zero attached hydrogens (tertiary/aromatic N) is 1. The number of rotatable bonds is 6. The molecule has 3 N–H and O–H groups in total. The summed E-state index contributed by atoms with van der Waals surface area (Å²) in [4.78, 5) is 2.44. The normalized spacial score (nSPS) is 28.9. The lowest BCUT2D eigenvalue weighted by Gasteiger charge is -2.39. The maximum Gasteiger partial charge on any atom is 0.0768 e. The van der Waals surface area contributed by atoms with Gasteiger partial charge in [0.2, 0.25) is 0 Å². The van der Waals surface area contributed by atoms with Gasteiger partial charge in [-0.3, -0.25) is 4.90 Å². The summed E-state index contributed by atoms with van der Waals surface area (Å²) >= 11 is 0. The van der Waals surface area contributed by atoms with Crippen molar-refractivity contribution in [3.8, 4) is 0 Å². The Labute approximate surface area is 106 Å². The molecule has 0 radical (unpaired) electrons. The van der Waals surface area contributed by atoms with Gasteiger partial charge in [0.15, 0.2) is 0 Å². The van der Waals surface area contributed by atoms with Gasteiger partial charge in [0.1, 0.15) is 0 Å². The number of hydrogen-bond acceptors (Lipinski definition) is 3. The minimum atomic E-state index is -0.599. The van der Waals surface area contributed by atoms with E-state index >= 15 is 0 Å². The molecule has 0 aromatic carbocycles. The van der Waals surface area contributed by atoms with Gasteiger partial charge < -0.3 is 10.8 Å². The Bertz CT molecular complexity index is 228. The molecule has 0 amide bonds. The molecule has 0 aliphatic heterocycles. The smallest absolute Gasteiger partial charge is 0.0768 e. The van der Waals surface area contributed by atoms with E-state index in [2.05, 4.69) is 25.7 Å². The van der Waals surface area contributed by atoms with Crippen molar-refractivity contribution in [1.82, 2.24) is 4.90 Å². The Morgan fingerprint density at radius 2 is 2.06 bits per heavy atom. The molecule has 1 aliphatic carbocycles. The van der Waals surface area contributed by atoms with Gasteiger partial charge in [-0.05, 0) is 44.7 Å². The van der Waals surface area contributed by atoms with Crippen molar-refractivity contribution in [3.05, 3.63) is 0 Å². The minimum Gasteiger partial charge on any atom is -0.389 e.